The first-order valence-corrected chi connectivity index (χ1v) is 10.2. The monoisotopic (exact) mass is 415 g/mol. The second kappa shape index (κ2) is 10.8. The van der Waals surface area contributed by atoms with E-state index in [9.17, 15) is 5.11 Å². The van der Waals surface area contributed by atoms with E-state index < -0.39 is 6.10 Å². The molecule has 0 spiro atoms. The summed E-state index contributed by atoms with van der Waals surface area (Å²) in [6, 6.07) is 7.85. The molecule has 0 saturated carbocycles. The second-order valence-corrected chi connectivity index (χ2v) is 6.52. The Morgan fingerprint density at radius 3 is 2.13 bits per heavy atom. The van der Waals surface area contributed by atoms with Crippen molar-refractivity contribution in [3.05, 3.63) is 47.0 Å². The number of methoxy groups -OCH3 is 4. The number of benzene rings is 2. The lowest BCUT2D eigenvalue weighted by Crippen LogP contribution is -2.04. The van der Waals surface area contributed by atoms with E-state index in [-0.39, 0.29) is 0 Å². The lowest BCUT2D eigenvalue weighted by Gasteiger charge is -2.20. The van der Waals surface area contributed by atoms with E-state index in [2.05, 4.69) is 5.32 Å². The van der Waals surface area contributed by atoms with Crippen LogP contribution >= 0.6 is 0 Å². The summed E-state index contributed by atoms with van der Waals surface area (Å²) in [6.45, 7) is 4.00. The zero-order valence-corrected chi connectivity index (χ0v) is 19.0. The summed E-state index contributed by atoms with van der Waals surface area (Å²) < 4.78 is 22.2. The minimum atomic E-state index is -0.566. The fourth-order valence-corrected chi connectivity index (χ4v) is 3.68. The highest BCUT2D eigenvalue weighted by molar-refractivity contribution is 5.87. The number of hydrogen-bond donors (Lipinski definition) is 2. The molecule has 2 aromatic rings. The van der Waals surface area contributed by atoms with Crippen molar-refractivity contribution in [2.24, 2.45) is 0 Å². The quantitative estimate of drug-likeness (QED) is 0.723. The Morgan fingerprint density at radius 2 is 1.57 bits per heavy atom. The van der Waals surface area contributed by atoms with Crippen LogP contribution in [0.3, 0.4) is 0 Å². The van der Waals surface area contributed by atoms with E-state index in [1.54, 1.807) is 28.4 Å². The van der Waals surface area contributed by atoms with Crippen molar-refractivity contribution >= 4 is 11.3 Å². The summed E-state index contributed by atoms with van der Waals surface area (Å²) in [5, 5.41) is 13.7. The molecule has 1 aliphatic rings. The Morgan fingerprint density at radius 1 is 0.900 bits per heavy atom. The third-order valence-corrected chi connectivity index (χ3v) is 5.05. The topological polar surface area (TPSA) is 69.2 Å². The molecule has 3 rings (SSSR count). The van der Waals surface area contributed by atoms with Crippen molar-refractivity contribution in [3.63, 3.8) is 0 Å². The van der Waals surface area contributed by atoms with Crippen LogP contribution in [0.25, 0.3) is 5.57 Å². The van der Waals surface area contributed by atoms with Crippen LogP contribution in [0.5, 0.6) is 23.0 Å². The van der Waals surface area contributed by atoms with E-state index >= 15 is 0 Å². The predicted octanol–water partition coefficient (Wildman–Crippen LogP) is 4.53. The highest BCUT2D eigenvalue weighted by Crippen LogP contribution is 2.47. The summed E-state index contributed by atoms with van der Waals surface area (Å²) in [5.74, 6) is 2.54. The zero-order valence-electron chi connectivity index (χ0n) is 19.0. The van der Waals surface area contributed by atoms with Gasteiger partial charge in [0.1, 0.15) is 5.75 Å². The maximum atomic E-state index is 10.5. The summed E-state index contributed by atoms with van der Waals surface area (Å²) in [5.41, 5.74) is 4.69. The molecule has 2 aromatic carbocycles. The Hall–Kier alpha value is -2.86. The first-order valence-electron chi connectivity index (χ1n) is 10.2. The largest absolute Gasteiger partial charge is 0.495 e. The van der Waals surface area contributed by atoms with Crippen LogP contribution in [0.4, 0.5) is 5.69 Å². The average Bonchev–Trinajstić information content (AvgIpc) is 2.97. The van der Waals surface area contributed by atoms with E-state index in [4.69, 9.17) is 18.9 Å². The van der Waals surface area contributed by atoms with Gasteiger partial charge in [0.25, 0.3) is 0 Å². The molecule has 0 radical (unpaired) electrons. The van der Waals surface area contributed by atoms with Gasteiger partial charge in [-0.05, 0) is 53.8 Å². The molecule has 6 nitrogen and oxygen atoms in total. The summed E-state index contributed by atoms with van der Waals surface area (Å²) >= 11 is 0. The second-order valence-electron chi connectivity index (χ2n) is 6.52. The molecule has 1 aliphatic carbocycles. The number of rotatable bonds is 6. The molecule has 164 valence electrons. The number of fused-ring (bicyclic) bond motifs is 1. The number of nitrogens with one attached hydrogen (secondary N) is 1. The van der Waals surface area contributed by atoms with Crippen molar-refractivity contribution < 1.29 is 24.1 Å². The summed E-state index contributed by atoms with van der Waals surface area (Å²) in [7, 11) is 8.31. The third-order valence-electron chi connectivity index (χ3n) is 5.05. The van der Waals surface area contributed by atoms with Crippen LogP contribution in [0.1, 0.15) is 37.0 Å². The van der Waals surface area contributed by atoms with Gasteiger partial charge in [-0.25, -0.2) is 0 Å². The van der Waals surface area contributed by atoms with Gasteiger partial charge in [-0.1, -0.05) is 19.9 Å². The predicted molar refractivity (Wildman–Crippen MR) is 121 cm³/mol. The lowest BCUT2D eigenvalue weighted by atomic mass is 9.92. The van der Waals surface area contributed by atoms with Gasteiger partial charge in [-0.3, -0.25) is 0 Å². The Balaban J connectivity index is 0.00000155. The molecular weight excluding hydrogens is 382 g/mol. The molecule has 30 heavy (non-hydrogen) atoms. The number of aliphatic hydroxyl groups is 1. The number of ether oxygens (including phenoxy) is 4. The van der Waals surface area contributed by atoms with Gasteiger partial charge in [-0.2, -0.15) is 0 Å². The average molecular weight is 416 g/mol. The van der Waals surface area contributed by atoms with Crippen molar-refractivity contribution in [1.82, 2.24) is 0 Å². The molecule has 0 heterocycles. The standard InChI is InChI=1S/C22H27NO5.C2H6/c1-23-18-10-13(6-9-19(18)25-2)16-11-14(24)7-8-15-17(16)12-20(26-3)22(28-5)21(15)27-4;1-2/h6,9-12,14,23-24H,7-8H2,1-5H3;1-2H3. The third kappa shape index (κ3) is 4.49. The zero-order chi connectivity index (χ0) is 22.3. The maximum absolute atomic E-state index is 10.5. The molecule has 0 aromatic heterocycles. The minimum absolute atomic E-state index is 0.560. The fourth-order valence-electron chi connectivity index (χ4n) is 3.68. The Kier molecular flexibility index (Phi) is 8.42. The van der Waals surface area contributed by atoms with Crippen LogP contribution in [-0.2, 0) is 6.42 Å². The van der Waals surface area contributed by atoms with Gasteiger partial charge in [0.15, 0.2) is 11.5 Å². The van der Waals surface area contributed by atoms with Gasteiger partial charge >= 0.3 is 0 Å². The van der Waals surface area contributed by atoms with Crippen molar-refractivity contribution in [2.45, 2.75) is 32.8 Å². The highest BCUT2D eigenvalue weighted by Gasteiger charge is 2.26. The first kappa shape index (κ1) is 23.4. The maximum Gasteiger partial charge on any atom is 0.203 e. The molecule has 0 bridgehead atoms. The van der Waals surface area contributed by atoms with E-state index in [0.29, 0.717) is 30.1 Å². The van der Waals surface area contributed by atoms with E-state index in [1.807, 2.05) is 51.2 Å². The van der Waals surface area contributed by atoms with Crippen molar-refractivity contribution in [1.29, 1.82) is 0 Å². The number of hydrogen-bond acceptors (Lipinski definition) is 6. The Labute approximate surface area is 179 Å². The van der Waals surface area contributed by atoms with Crippen LogP contribution in [-0.4, -0.2) is 46.7 Å². The van der Waals surface area contributed by atoms with Crippen LogP contribution in [0.15, 0.2) is 30.3 Å². The SMILES string of the molecule is CC.CNc1cc(C2=CC(O)CCc3c2cc(OC)c(OC)c3OC)ccc1OC. The molecule has 1 atom stereocenters. The Bertz CT molecular complexity index is 892. The first-order chi connectivity index (χ1) is 14.6. The van der Waals surface area contributed by atoms with E-state index in [0.717, 1.165) is 33.7 Å². The number of anilines is 1. The van der Waals surface area contributed by atoms with Gasteiger partial charge in [-0.15, -0.1) is 0 Å². The van der Waals surface area contributed by atoms with E-state index in [1.165, 1.54) is 0 Å². The van der Waals surface area contributed by atoms with Gasteiger partial charge in [0, 0.05) is 12.6 Å². The molecule has 2 N–H and O–H groups in total. The normalized spacial score (nSPS) is 14.9. The number of aliphatic hydroxyl groups excluding tert-OH is 1. The summed E-state index contributed by atoms with van der Waals surface area (Å²) in [6.07, 6.45) is 2.58. The summed E-state index contributed by atoms with van der Waals surface area (Å²) in [4.78, 5) is 0. The van der Waals surface area contributed by atoms with Crippen molar-refractivity contribution in [3.8, 4) is 23.0 Å². The lowest BCUT2D eigenvalue weighted by molar-refractivity contribution is 0.214. The smallest absolute Gasteiger partial charge is 0.203 e. The van der Waals surface area contributed by atoms with Gasteiger partial charge in [0.05, 0.1) is 40.2 Å². The van der Waals surface area contributed by atoms with Crippen LogP contribution in [0.2, 0.25) is 0 Å². The molecule has 0 saturated heterocycles. The molecule has 0 aliphatic heterocycles. The van der Waals surface area contributed by atoms with Gasteiger partial charge in [0.2, 0.25) is 5.75 Å². The molecular formula is C24H33NO5. The van der Waals surface area contributed by atoms with Crippen molar-refractivity contribution in [2.75, 3.05) is 40.8 Å². The molecule has 0 fully saturated rings. The van der Waals surface area contributed by atoms with Crippen LogP contribution < -0.4 is 24.3 Å². The minimum Gasteiger partial charge on any atom is -0.495 e. The fraction of sp³-hybridized carbons (Fsp3) is 0.417. The van der Waals surface area contributed by atoms with Gasteiger partial charge < -0.3 is 29.4 Å². The van der Waals surface area contributed by atoms with Crippen LogP contribution in [0, 0.1) is 0 Å². The molecule has 0 amide bonds. The molecule has 1 unspecified atom stereocenters. The molecule has 6 heteroatoms. The highest BCUT2D eigenvalue weighted by atomic mass is 16.5.